The normalized spacial score (nSPS) is 36.6. The predicted octanol–water partition coefficient (Wildman–Crippen LogP) is 1.34. The van der Waals surface area contributed by atoms with Gasteiger partial charge in [0.15, 0.2) is 0 Å². The smallest absolute Gasteiger partial charge is 0.319 e. The standard InChI is InChI=1S/C17H23N3O3/c1-10(18-17(23)19-7-3-2-4-8-19)20-15(21)13-11-5-6-12(9-11)14(13)16(20)22/h5-6,10-14H,2-4,7-9H2,1H3,(H,18,23). The highest BCUT2D eigenvalue weighted by atomic mass is 16.2. The Labute approximate surface area is 135 Å². The van der Waals surface area contributed by atoms with Crippen molar-refractivity contribution in [2.45, 2.75) is 38.8 Å². The molecule has 6 nitrogen and oxygen atoms in total. The Balaban J connectivity index is 1.45. The minimum atomic E-state index is -0.575. The molecule has 1 saturated carbocycles. The second kappa shape index (κ2) is 5.35. The molecule has 23 heavy (non-hydrogen) atoms. The Morgan fingerprint density at radius 1 is 1.09 bits per heavy atom. The largest absolute Gasteiger partial charge is 0.325 e. The second-order valence-electron chi connectivity index (χ2n) is 7.22. The number of likely N-dealkylation sites (tertiary alicyclic amines) is 2. The van der Waals surface area contributed by atoms with E-state index in [0.29, 0.717) is 0 Å². The number of hydrogen-bond acceptors (Lipinski definition) is 3. The molecule has 0 radical (unpaired) electrons. The Morgan fingerprint density at radius 2 is 1.65 bits per heavy atom. The van der Waals surface area contributed by atoms with Crippen LogP contribution in [0.25, 0.3) is 0 Å². The summed E-state index contributed by atoms with van der Waals surface area (Å²) in [6, 6.07) is -0.170. The molecule has 0 aromatic heterocycles. The molecular weight excluding hydrogens is 294 g/mol. The summed E-state index contributed by atoms with van der Waals surface area (Å²) < 4.78 is 0. The van der Waals surface area contributed by atoms with Gasteiger partial charge in [0, 0.05) is 13.1 Å². The van der Waals surface area contributed by atoms with E-state index in [1.54, 1.807) is 11.8 Å². The van der Waals surface area contributed by atoms with Gasteiger partial charge in [-0.3, -0.25) is 14.5 Å². The van der Waals surface area contributed by atoms with Gasteiger partial charge in [0.05, 0.1) is 11.8 Å². The fraction of sp³-hybridized carbons (Fsp3) is 0.706. The molecule has 2 heterocycles. The number of urea groups is 1. The van der Waals surface area contributed by atoms with Crippen LogP contribution >= 0.6 is 0 Å². The van der Waals surface area contributed by atoms with E-state index in [-0.39, 0.29) is 41.5 Å². The number of nitrogens with zero attached hydrogens (tertiary/aromatic N) is 2. The van der Waals surface area contributed by atoms with Gasteiger partial charge in [-0.15, -0.1) is 0 Å². The van der Waals surface area contributed by atoms with E-state index in [1.807, 2.05) is 0 Å². The molecule has 4 amide bonds. The van der Waals surface area contributed by atoms with Crippen molar-refractivity contribution in [1.29, 1.82) is 0 Å². The van der Waals surface area contributed by atoms with Crippen molar-refractivity contribution < 1.29 is 14.4 Å². The average Bonchev–Trinajstić information content (AvgIpc) is 3.22. The van der Waals surface area contributed by atoms with Gasteiger partial charge in [-0.2, -0.15) is 0 Å². The van der Waals surface area contributed by atoms with Crippen molar-refractivity contribution >= 4 is 17.8 Å². The summed E-state index contributed by atoms with van der Waals surface area (Å²) in [6.07, 6.45) is 7.70. The number of fused-ring (bicyclic) bond motifs is 5. The highest BCUT2D eigenvalue weighted by molar-refractivity contribution is 6.06. The van der Waals surface area contributed by atoms with Crippen LogP contribution in [0.5, 0.6) is 0 Å². The maximum atomic E-state index is 12.7. The third kappa shape index (κ3) is 2.18. The van der Waals surface area contributed by atoms with Crippen molar-refractivity contribution in [2.75, 3.05) is 13.1 Å². The minimum absolute atomic E-state index is 0.108. The SMILES string of the molecule is CC(NC(=O)N1CCCCC1)N1C(=O)C2C3C=CC(C3)C2C1=O. The third-order valence-corrected chi connectivity index (χ3v) is 5.87. The molecule has 6 heteroatoms. The average molecular weight is 317 g/mol. The van der Waals surface area contributed by atoms with Crippen LogP contribution in [0.1, 0.15) is 32.6 Å². The van der Waals surface area contributed by atoms with Gasteiger partial charge in [-0.05, 0) is 44.4 Å². The number of carbonyl (C=O) groups is 3. The summed E-state index contributed by atoms with van der Waals surface area (Å²) >= 11 is 0. The number of hydrogen-bond donors (Lipinski definition) is 1. The van der Waals surface area contributed by atoms with Gasteiger partial charge < -0.3 is 10.2 Å². The first kappa shape index (κ1) is 14.7. The highest BCUT2D eigenvalue weighted by Gasteiger charge is 2.60. The lowest BCUT2D eigenvalue weighted by atomic mass is 9.85. The van der Waals surface area contributed by atoms with E-state index < -0.39 is 6.17 Å². The van der Waals surface area contributed by atoms with Crippen LogP contribution in [0.4, 0.5) is 4.79 Å². The Bertz CT molecular complexity index is 552. The van der Waals surface area contributed by atoms with Crippen LogP contribution in [-0.4, -0.2) is 46.9 Å². The fourth-order valence-corrected chi connectivity index (χ4v) is 4.74. The van der Waals surface area contributed by atoms with Crippen LogP contribution in [0.3, 0.4) is 0 Å². The number of nitrogens with one attached hydrogen (secondary N) is 1. The Morgan fingerprint density at radius 3 is 2.22 bits per heavy atom. The molecule has 2 aliphatic heterocycles. The van der Waals surface area contributed by atoms with Crippen molar-refractivity contribution in [2.24, 2.45) is 23.7 Å². The molecule has 1 N–H and O–H groups in total. The molecule has 2 bridgehead atoms. The van der Waals surface area contributed by atoms with Gasteiger partial charge in [0.2, 0.25) is 11.8 Å². The highest BCUT2D eigenvalue weighted by Crippen LogP contribution is 2.52. The third-order valence-electron chi connectivity index (χ3n) is 5.87. The monoisotopic (exact) mass is 317 g/mol. The molecule has 0 spiro atoms. The van der Waals surface area contributed by atoms with E-state index >= 15 is 0 Å². The first-order chi connectivity index (χ1) is 11.1. The van der Waals surface area contributed by atoms with Crippen molar-refractivity contribution in [3.05, 3.63) is 12.2 Å². The quantitative estimate of drug-likeness (QED) is 0.617. The lowest BCUT2D eigenvalue weighted by Gasteiger charge is -2.31. The van der Waals surface area contributed by atoms with Crippen LogP contribution in [0.15, 0.2) is 12.2 Å². The number of imide groups is 1. The fourth-order valence-electron chi connectivity index (χ4n) is 4.74. The zero-order valence-corrected chi connectivity index (χ0v) is 13.4. The van der Waals surface area contributed by atoms with Crippen molar-refractivity contribution in [1.82, 2.24) is 15.1 Å². The summed E-state index contributed by atoms with van der Waals surface area (Å²) in [5.74, 6) is -0.210. The Hall–Kier alpha value is -1.85. The van der Waals surface area contributed by atoms with E-state index in [9.17, 15) is 14.4 Å². The number of piperidine rings is 1. The van der Waals surface area contributed by atoms with E-state index in [4.69, 9.17) is 0 Å². The van der Waals surface area contributed by atoms with Crippen molar-refractivity contribution in [3.8, 4) is 0 Å². The zero-order chi connectivity index (χ0) is 16.1. The molecule has 2 saturated heterocycles. The van der Waals surface area contributed by atoms with Crippen molar-refractivity contribution in [3.63, 3.8) is 0 Å². The maximum Gasteiger partial charge on any atom is 0.319 e. The predicted molar refractivity (Wildman–Crippen MR) is 83.0 cm³/mol. The minimum Gasteiger partial charge on any atom is -0.325 e. The molecule has 5 unspecified atom stereocenters. The summed E-state index contributed by atoms with van der Waals surface area (Å²) in [5.41, 5.74) is 0. The van der Waals surface area contributed by atoms with Crippen LogP contribution in [-0.2, 0) is 9.59 Å². The maximum absolute atomic E-state index is 12.7. The summed E-state index contributed by atoms with van der Waals surface area (Å²) in [7, 11) is 0. The second-order valence-corrected chi connectivity index (χ2v) is 7.22. The van der Waals surface area contributed by atoms with Gasteiger partial charge in [0.1, 0.15) is 6.17 Å². The van der Waals surface area contributed by atoms with Gasteiger partial charge in [0.25, 0.3) is 0 Å². The number of amides is 4. The van der Waals surface area contributed by atoms with Gasteiger partial charge in [-0.1, -0.05) is 12.2 Å². The van der Waals surface area contributed by atoms with E-state index in [0.717, 1.165) is 38.8 Å². The summed E-state index contributed by atoms with van der Waals surface area (Å²) in [5, 5.41) is 2.84. The van der Waals surface area contributed by atoms with E-state index in [2.05, 4.69) is 17.5 Å². The molecule has 5 atom stereocenters. The van der Waals surface area contributed by atoms with Crippen LogP contribution in [0, 0.1) is 23.7 Å². The summed E-state index contributed by atoms with van der Waals surface area (Å²) in [6.45, 7) is 3.23. The molecule has 4 aliphatic rings. The number of allylic oxidation sites excluding steroid dienone is 2. The lowest BCUT2D eigenvalue weighted by molar-refractivity contribution is -0.143. The molecule has 0 aromatic carbocycles. The lowest BCUT2D eigenvalue weighted by Crippen LogP contribution is -2.54. The topological polar surface area (TPSA) is 69.7 Å². The van der Waals surface area contributed by atoms with Gasteiger partial charge in [-0.25, -0.2) is 4.79 Å². The summed E-state index contributed by atoms with van der Waals surface area (Å²) in [4.78, 5) is 40.8. The first-order valence-corrected chi connectivity index (χ1v) is 8.68. The van der Waals surface area contributed by atoms with Crippen LogP contribution < -0.4 is 5.32 Å². The van der Waals surface area contributed by atoms with Gasteiger partial charge >= 0.3 is 6.03 Å². The molecule has 4 rings (SSSR count). The molecule has 3 fully saturated rings. The zero-order valence-electron chi connectivity index (χ0n) is 13.4. The molecule has 0 aromatic rings. The molecule has 2 aliphatic carbocycles. The number of carbonyl (C=O) groups excluding carboxylic acids is 3. The number of rotatable bonds is 2. The van der Waals surface area contributed by atoms with E-state index in [1.165, 1.54) is 4.90 Å². The Kier molecular flexibility index (Phi) is 3.43. The first-order valence-electron chi connectivity index (χ1n) is 8.68. The molecule has 124 valence electrons. The molecular formula is C17H23N3O3. The van der Waals surface area contributed by atoms with Crippen LogP contribution in [0.2, 0.25) is 0 Å².